The van der Waals surface area contributed by atoms with E-state index in [1.807, 2.05) is 15.9 Å². The summed E-state index contributed by atoms with van der Waals surface area (Å²) in [4.78, 5) is 28.8. The second kappa shape index (κ2) is 6.99. The average Bonchev–Trinajstić information content (AvgIpc) is 3.19. The van der Waals surface area contributed by atoms with Crippen LogP contribution < -0.4 is 0 Å². The fraction of sp³-hybridized carbons (Fsp3) is 0.600. The Kier molecular flexibility index (Phi) is 4.69. The van der Waals surface area contributed by atoms with E-state index in [1.165, 1.54) is 12.1 Å². The molecule has 3 atom stereocenters. The maximum Gasteiger partial charge on any atom is 0.225 e. The van der Waals surface area contributed by atoms with Crippen molar-refractivity contribution in [3.05, 3.63) is 35.6 Å². The normalized spacial score (nSPS) is 29.1. The summed E-state index contributed by atoms with van der Waals surface area (Å²) in [5.41, 5.74) is 0.827. The Labute approximate surface area is 153 Å². The van der Waals surface area contributed by atoms with Crippen LogP contribution in [0.3, 0.4) is 0 Å². The summed E-state index contributed by atoms with van der Waals surface area (Å²) in [5.74, 6) is 0.424. The van der Waals surface area contributed by atoms with Gasteiger partial charge in [0.25, 0.3) is 0 Å². The van der Waals surface area contributed by atoms with Crippen molar-refractivity contribution in [3.8, 4) is 0 Å². The number of ether oxygens (including phenoxy) is 1. The number of halogens is 1. The molecule has 0 spiro atoms. The molecule has 1 aromatic carbocycles. The monoisotopic (exact) mass is 360 g/mol. The molecule has 3 aliphatic rings. The minimum Gasteiger partial charge on any atom is -0.381 e. The summed E-state index contributed by atoms with van der Waals surface area (Å²) < 4.78 is 19.1. The Morgan fingerprint density at radius 2 is 1.92 bits per heavy atom. The van der Waals surface area contributed by atoms with E-state index in [0.717, 1.165) is 18.4 Å². The smallest absolute Gasteiger partial charge is 0.225 e. The number of benzene rings is 1. The van der Waals surface area contributed by atoms with Gasteiger partial charge in [-0.25, -0.2) is 4.39 Å². The summed E-state index contributed by atoms with van der Waals surface area (Å²) >= 11 is 0. The quantitative estimate of drug-likeness (QED) is 0.813. The predicted octanol–water partition coefficient (Wildman–Crippen LogP) is 2.23. The topological polar surface area (TPSA) is 49.9 Å². The molecule has 3 fully saturated rings. The molecule has 0 saturated carbocycles. The van der Waals surface area contributed by atoms with Crippen molar-refractivity contribution >= 4 is 11.8 Å². The van der Waals surface area contributed by atoms with Crippen molar-refractivity contribution in [2.75, 3.05) is 32.8 Å². The molecule has 3 heterocycles. The zero-order valence-electron chi connectivity index (χ0n) is 15.1. The zero-order chi connectivity index (χ0) is 18.3. The fourth-order valence-corrected chi connectivity index (χ4v) is 4.87. The number of likely N-dealkylation sites (tertiary alicyclic amines) is 2. The van der Waals surface area contributed by atoms with E-state index < -0.39 is 0 Å². The maximum atomic E-state index is 13.8. The van der Waals surface area contributed by atoms with E-state index in [-0.39, 0.29) is 41.4 Å². The van der Waals surface area contributed by atoms with Crippen LogP contribution in [0.2, 0.25) is 0 Å². The number of fused-ring (bicyclic) bond motifs is 1. The van der Waals surface area contributed by atoms with Crippen LogP contribution >= 0.6 is 0 Å². The first-order valence-corrected chi connectivity index (χ1v) is 9.44. The summed E-state index contributed by atoms with van der Waals surface area (Å²) in [7, 11) is 0. The summed E-state index contributed by atoms with van der Waals surface area (Å²) in [5, 5.41) is 0. The molecule has 140 valence electrons. The second-order valence-electron chi connectivity index (χ2n) is 7.73. The van der Waals surface area contributed by atoms with Gasteiger partial charge in [0.05, 0.1) is 6.04 Å². The highest BCUT2D eigenvalue weighted by Crippen LogP contribution is 2.45. The fourth-order valence-electron chi connectivity index (χ4n) is 4.87. The third-order valence-electron chi connectivity index (χ3n) is 6.14. The molecule has 3 aliphatic heterocycles. The largest absolute Gasteiger partial charge is 0.381 e. The number of carbonyl (C=O) groups is 2. The van der Waals surface area contributed by atoms with Gasteiger partial charge in [-0.2, -0.15) is 0 Å². The summed E-state index contributed by atoms with van der Waals surface area (Å²) in [6, 6.07) is 6.36. The molecule has 4 rings (SSSR count). The number of carbonyl (C=O) groups excluding carboxylic acids is 2. The first-order chi connectivity index (χ1) is 12.5. The highest BCUT2D eigenvalue weighted by Gasteiger charge is 2.50. The van der Waals surface area contributed by atoms with Crippen LogP contribution in [0, 0.1) is 23.6 Å². The lowest BCUT2D eigenvalue weighted by Gasteiger charge is -2.31. The number of nitrogens with zero attached hydrogens (tertiary/aromatic N) is 2. The lowest BCUT2D eigenvalue weighted by atomic mass is 9.89. The van der Waals surface area contributed by atoms with Crippen LogP contribution in [0.15, 0.2) is 24.3 Å². The average molecular weight is 360 g/mol. The second-order valence-corrected chi connectivity index (χ2v) is 7.73. The molecule has 0 bridgehead atoms. The number of hydrogen-bond donors (Lipinski definition) is 0. The molecule has 0 aliphatic carbocycles. The van der Waals surface area contributed by atoms with Crippen LogP contribution in [-0.4, -0.2) is 54.5 Å². The van der Waals surface area contributed by atoms with Gasteiger partial charge in [-0.15, -0.1) is 0 Å². The standard InChI is InChI=1S/C20H25FN2O3/c1-13(24)23-11-16-10-22(20(25)14-5-7-26-8-6-14)12-18(16)19(23)15-3-2-4-17(21)9-15/h2-4,9,14,16,18-19H,5-8,10-12H2,1H3/t16-,18-,19-/m1/s1. The van der Waals surface area contributed by atoms with E-state index in [2.05, 4.69) is 0 Å². The highest BCUT2D eigenvalue weighted by molar-refractivity contribution is 5.79. The Bertz CT molecular complexity index is 704. The van der Waals surface area contributed by atoms with Gasteiger partial charge < -0.3 is 14.5 Å². The zero-order valence-corrected chi connectivity index (χ0v) is 15.1. The molecular formula is C20H25FN2O3. The van der Waals surface area contributed by atoms with Crippen LogP contribution in [0.1, 0.15) is 31.4 Å². The molecule has 0 radical (unpaired) electrons. The van der Waals surface area contributed by atoms with Gasteiger partial charge in [-0.3, -0.25) is 9.59 Å². The molecule has 6 heteroatoms. The first kappa shape index (κ1) is 17.5. The van der Waals surface area contributed by atoms with Gasteiger partial charge in [0.15, 0.2) is 0 Å². The number of rotatable bonds is 2. The van der Waals surface area contributed by atoms with Crippen molar-refractivity contribution in [3.63, 3.8) is 0 Å². The molecule has 5 nitrogen and oxygen atoms in total. The Morgan fingerprint density at radius 3 is 2.62 bits per heavy atom. The van der Waals surface area contributed by atoms with E-state index in [0.29, 0.717) is 32.8 Å². The van der Waals surface area contributed by atoms with Crippen molar-refractivity contribution in [2.24, 2.45) is 17.8 Å². The van der Waals surface area contributed by atoms with Crippen LogP contribution in [0.4, 0.5) is 4.39 Å². The molecule has 1 aromatic rings. The van der Waals surface area contributed by atoms with Gasteiger partial charge in [-0.05, 0) is 30.5 Å². The molecule has 0 aromatic heterocycles. The molecular weight excluding hydrogens is 335 g/mol. The highest BCUT2D eigenvalue weighted by atomic mass is 19.1. The number of hydrogen-bond acceptors (Lipinski definition) is 3. The molecule has 0 unspecified atom stereocenters. The van der Waals surface area contributed by atoms with Crippen molar-refractivity contribution < 1.29 is 18.7 Å². The van der Waals surface area contributed by atoms with E-state index >= 15 is 0 Å². The van der Waals surface area contributed by atoms with Crippen molar-refractivity contribution in [1.29, 1.82) is 0 Å². The van der Waals surface area contributed by atoms with E-state index in [1.54, 1.807) is 13.0 Å². The minimum absolute atomic E-state index is 0.0102. The minimum atomic E-state index is -0.289. The first-order valence-electron chi connectivity index (χ1n) is 9.44. The van der Waals surface area contributed by atoms with Crippen LogP contribution in [-0.2, 0) is 14.3 Å². The van der Waals surface area contributed by atoms with Crippen molar-refractivity contribution in [1.82, 2.24) is 9.80 Å². The molecule has 26 heavy (non-hydrogen) atoms. The van der Waals surface area contributed by atoms with Crippen LogP contribution in [0.5, 0.6) is 0 Å². The van der Waals surface area contributed by atoms with Crippen molar-refractivity contribution in [2.45, 2.75) is 25.8 Å². The molecule has 2 amide bonds. The lowest BCUT2D eigenvalue weighted by molar-refractivity contribution is -0.138. The number of amides is 2. The summed E-state index contributed by atoms with van der Waals surface area (Å²) in [6.45, 7) is 4.85. The van der Waals surface area contributed by atoms with Gasteiger partial charge in [0.2, 0.25) is 11.8 Å². The summed E-state index contributed by atoms with van der Waals surface area (Å²) in [6.07, 6.45) is 1.58. The third-order valence-corrected chi connectivity index (χ3v) is 6.14. The SMILES string of the molecule is CC(=O)N1C[C@H]2CN(C(=O)C3CCOCC3)C[C@H]2[C@H]1c1cccc(F)c1. The van der Waals surface area contributed by atoms with E-state index in [9.17, 15) is 14.0 Å². The molecule has 3 saturated heterocycles. The Balaban J connectivity index is 1.54. The van der Waals surface area contributed by atoms with E-state index in [4.69, 9.17) is 4.74 Å². The van der Waals surface area contributed by atoms with Gasteiger partial charge >= 0.3 is 0 Å². The maximum absolute atomic E-state index is 13.8. The molecule has 0 N–H and O–H groups in total. The van der Waals surface area contributed by atoms with Gasteiger partial charge in [0.1, 0.15) is 5.82 Å². The van der Waals surface area contributed by atoms with Gasteiger partial charge in [-0.1, -0.05) is 12.1 Å². The lowest BCUT2D eigenvalue weighted by Crippen LogP contribution is -2.40. The predicted molar refractivity (Wildman–Crippen MR) is 93.6 cm³/mol. The third kappa shape index (κ3) is 3.11. The Hall–Kier alpha value is -1.95. The van der Waals surface area contributed by atoms with Gasteiger partial charge in [0, 0.05) is 57.5 Å². The van der Waals surface area contributed by atoms with Crippen LogP contribution in [0.25, 0.3) is 0 Å². The Morgan fingerprint density at radius 1 is 1.15 bits per heavy atom.